The molecule has 1 unspecified atom stereocenters. The maximum Gasteiger partial charge on any atom is 0.0829 e. The van der Waals surface area contributed by atoms with E-state index in [9.17, 15) is 5.11 Å². The Morgan fingerprint density at radius 3 is 2.47 bits per heavy atom. The van der Waals surface area contributed by atoms with Crippen LogP contribution in [0.25, 0.3) is 0 Å². The van der Waals surface area contributed by atoms with E-state index in [-0.39, 0.29) is 6.61 Å². The van der Waals surface area contributed by atoms with Crippen molar-refractivity contribution in [3.05, 3.63) is 63.0 Å². The molecule has 2 nitrogen and oxygen atoms in total. The molecule has 2 aromatic rings. The van der Waals surface area contributed by atoms with Crippen LogP contribution < -0.4 is 5.32 Å². The molecule has 0 aromatic heterocycles. The monoisotopic (exact) mass is 383 g/mol. The first-order valence-corrected chi connectivity index (χ1v) is 7.53. The molecule has 0 fully saturated rings. The van der Waals surface area contributed by atoms with Crippen LogP contribution in [0, 0.1) is 0 Å². The number of para-hydroxylation sites is 1. The van der Waals surface area contributed by atoms with E-state index in [2.05, 4.69) is 37.2 Å². The van der Waals surface area contributed by atoms with Crippen molar-refractivity contribution >= 4 is 37.5 Å². The van der Waals surface area contributed by atoms with Crippen molar-refractivity contribution in [3.63, 3.8) is 0 Å². The van der Waals surface area contributed by atoms with Crippen LogP contribution in [0.15, 0.2) is 57.5 Å². The third kappa shape index (κ3) is 3.38. The van der Waals surface area contributed by atoms with Crippen LogP contribution in [-0.2, 0) is 5.54 Å². The van der Waals surface area contributed by atoms with Gasteiger partial charge in [-0.2, -0.15) is 0 Å². The summed E-state index contributed by atoms with van der Waals surface area (Å²) in [5.74, 6) is 0. The summed E-state index contributed by atoms with van der Waals surface area (Å²) >= 11 is 6.98. The zero-order chi connectivity index (χ0) is 13.9. The van der Waals surface area contributed by atoms with Crippen molar-refractivity contribution in [2.75, 3.05) is 11.9 Å². The van der Waals surface area contributed by atoms with Gasteiger partial charge in [-0.25, -0.2) is 0 Å². The molecule has 0 saturated carbocycles. The number of aliphatic hydroxyl groups excluding tert-OH is 1. The Kier molecular flexibility index (Phi) is 4.66. The molecule has 2 rings (SSSR count). The zero-order valence-corrected chi connectivity index (χ0v) is 13.7. The first kappa shape index (κ1) is 14.6. The van der Waals surface area contributed by atoms with Gasteiger partial charge in [0.2, 0.25) is 0 Å². The molecule has 0 aliphatic rings. The molecule has 2 aromatic carbocycles. The Bertz CT molecular complexity index is 574. The molecule has 1 atom stereocenters. The van der Waals surface area contributed by atoms with Crippen LogP contribution in [-0.4, -0.2) is 11.7 Å². The standard InChI is InChI=1S/C15H15Br2NO/c1-15(10-19,11-5-4-6-12(16)9-11)18-14-8-3-2-7-13(14)17/h2-9,18-19H,10H2,1H3. The van der Waals surface area contributed by atoms with Crippen LogP contribution in [0.3, 0.4) is 0 Å². The SMILES string of the molecule is CC(CO)(Nc1ccccc1Br)c1cccc(Br)c1. The maximum atomic E-state index is 9.79. The van der Waals surface area contributed by atoms with Crippen LogP contribution in [0.5, 0.6) is 0 Å². The molecule has 0 aliphatic heterocycles. The Morgan fingerprint density at radius 1 is 1.11 bits per heavy atom. The minimum atomic E-state index is -0.534. The highest BCUT2D eigenvalue weighted by atomic mass is 79.9. The van der Waals surface area contributed by atoms with E-state index in [1.165, 1.54) is 0 Å². The average Bonchev–Trinajstić information content (AvgIpc) is 2.41. The summed E-state index contributed by atoms with van der Waals surface area (Å²) in [4.78, 5) is 0. The fourth-order valence-corrected chi connectivity index (χ4v) is 2.68. The minimum Gasteiger partial charge on any atom is -0.394 e. The molecule has 100 valence electrons. The third-order valence-electron chi connectivity index (χ3n) is 3.06. The minimum absolute atomic E-state index is 0.00475. The lowest BCUT2D eigenvalue weighted by molar-refractivity contribution is 0.224. The van der Waals surface area contributed by atoms with Gasteiger partial charge in [0, 0.05) is 14.6 Å². The van der Waals surface area contributed by atoms with Gasteiger partial charge in [-0.1, -0.05) is 40.2 Å². The van der Waals surface area contributed by atoms with Gasteiger partial charge >= 0.3 is 0 Å². The second-order valence-electron chi connectivity index (χ2n) is 4.61. The van der Waals surface area contributed by atoms with Gasteiger partial charge in [0.25, 0.3) is 0 Å². The van der Waals surface area contributed by atoms with Crippen molar-refractivity contribution in [2.45, 2.75) is 12.5 Å². The first-order chi connectivity index (χ1) is 9.05. The quantitative estimate of drug-likeness (QED) is 0.811. The second kappa shape index (κ2) is 6.07. The summed E-state index contributed by atoms with van der Waals surface area (Å²) in [5.41, 5.74) is 1.45. The number of halogens is 2. The highest BCUT2D eigenvalue weighted by Crippen LogP contribution is 2.31. The Balaban J connectivity index is 2.36. The molecule has 0 aliphatic carbocycles. The Hall–Kier alpha value is -0.840. The van der Waals surface area contributed by atoms with Gasteiger partial charge in [0.05, 0.1) is 12.1 Å². The van der Waals surface area contributed by atoms with Gasteiger partial charge < -0.3 is 10.4 Å². The van der Waals surface area contributed by atoms with E-state index in [1.807, 2.05) is 55.5 Å². The lowest BCUT2D eigenvalue weighted by Gasteiger charge is -2.31. The molecule has 2 N–H and O–H groups in total. The molecular weight excluding hydrogens is 370 g/mol. The number of rotatable bonds is 4. The molecule has 0 bridgehead atoms. The van der Waals surface area contributed by atoms with Gasteiger partial charge in [0.1, 0.15) is 0 Å². The number of aliphatic hydroxyl groups is 1. The predicted octanol–water partition coefficient (Wildman–Crippen LogP) is 4.53. The Labute approximate surface area is 130 Å². The molecule has 0 radical (unpaired) electrons. The average molecular weight is 385 g/mol. The largest absolute Gasteiger partial charge is 0.394 e. The predicted molar refractivity (Wildman–Crippen MR) is 86.3 cm³/mol. The molecule has 0 amide bonds. The van der Waals surface area contributed by atoms with Crippen molar-refractivity contribution in [2.24, 2.45) is 0 Å². The van der Waals surface area contributed by atoms with E-state index < -0.39 is 5.54 Å². The summed E-state index contributed by atoms with van der Waals surface area (Å²) in [6.07, 6.45) is 0. The number of nitrogens with one attached hydrogen (secondary N) is 1. The van der Waals surface area contributed by atoms with Crippen LogP contribution in [0.2, 0.25) is 0 Å². The molecule has 4 heteroatoms. The number of benzene rings is 2. The van der Waals surface area contributed by atoms with E-state index in [0.29, 0.717) is 0 Å². The van der Waals surface area contributed by atoms with Gasteiger partial charge in [-0.3, -0.25) is 0 Å². The maximum absolute atomic E-state index is 9.79. The summed E-state index contributed by atoms with van der Waals surface area (Å²) < 4.78 is 1.98. The molecule has 0 spiro atoms. The van der Waals surface area contributed by atoms with Crippen LogP contribution >= 0.6 is 31.9 Å². The van der Waals surface area contributed by atoms with E-state index >= 15 is 0 Å². The Morgan fingerprint density at radius 2 is 1.84 bits per heavy atom. The van der Waals surface area contributed by atoms with Gasteiger partial charge in [-0.05, 0) is 52.7 Å². The van der Waals surface area contributed by atoms with Crippen LogP contribution in [0.4, 0.5) is 5.69 Å². The lowest BCUT2D eigenvalue weighted by Crippen LogP contribution is -2.36. The van der Waals surface area contributed by atoms with Crippen LogP contribution in [0.1, 0.15) is 12.5 Å². The van der Waals surface area contributed by atoms with Gasteiger partial charge in [0.15, 0.2) is 0 Å². The van der Waals surface area contributed by atoms with Crippen molar-refractivity contribution in [3.8, 4) is 0 Å². The van der Waals surface area contributed by atoms with Crippen molar-refractivity contribution in [1.29, 1.82) is 0 Å². The normalized spacial score (nSPS) is 13.9. The smallest absolute Gasteiger partial charge is 0.0829 e. The topological polar surface area (TPSA) is 32.3 Å². The molecular formula is C15H15Br2NO. The summed E-state index contributed by atoms with van der Waals surface area (Å²) in [7, 11) is 0. The number of anilines is 1. The van der Waals surface area contributed by atoms with E-state index in [0.717, 1.165) is 20.2 Å². The molecule has 0 heterocycles. The summed E-state index contributed by atoms with van der Waals surface area (Å²) in [6, 6.07) is 15.8. The first-order valence-electron chi connectivity index (χ1n) is 5.95. The third-order valence-corrected chi connectivity index (χ3v) is 4.25. The van der Waals surface area contributed by atoms with Gasteiger partial charge in [-0.15, -0.1) is 0 Å². The molecule has 19 heavy (non-hydrogen) atoms. The zero-order valence-electron chi connectivity index (χ0n) is 10.5. The van der Waals surface area contributed by atoms with Crippen molar-refractivity contribution in [1.82, 2.24) is 0 Å². The highest BCUT2D eigenvalue weighted by Gasteiger charge is 2.26. The number of hydrogen-bond donors (Lipinski definition) is 2. The summed E-state index contributed by atoms with van der Waals surface area (Å²) in [6.45, 7) is 1.99. The fourth-order valence-electron chi connectivity index (χ4n) is 1.89. The highest BCUT2D eigenvalue weighted by molar-refractivity contribution is 9.10. The fraction of sp³-hybridized carbons (Fsp3) is 0.200. The second-order valence-corrected chi connectivity index (χ2v) is 6.38. The lowest BCUT2D eigenvalue weighted by atomic mass is 9.92. The number of hydrogen-bond acceptors (Lipinski definition) is 2. The van der Waals surface area contributed by atoms with Crippen molar-refractivity contribution < 1.29 is 5.11 Å². The summed E-state index contributed by atoms with van der Waals surface area (Å²) in [5, 5.41) is 13.2. The van der Waals surface area contributed by atoms with E-state index in [1.54, 1.807) is 0 Å². The van der Waals surface area contributed by atoms with E-state index in [4.69, 9.17) is 0 Å². The molecule has 0 saturated heterocycles.